The standard InChI is InChI=1S/C8H14FNO5/c1-3(12)8(9)7(10)6(14)5(13)4(2-11)15-8/h4-7,11,13-14H,2,10H2,1H3/t4-,5+,6+,7-,8?/m1/s1. The molecule has 1 fully saturated rings. The molecule has 6 nitrogen and oxygen atoms in total. The highest BCUT2D eigenvalue weighted by Crippen LogP contribution is 2.30. The van der Waals surface area contributed by atoms with Crippen molar-refractivity contribution in [2.45, 2.75) is 37.1 Å². The lowest BCUT2D eigenvalue weighted by Crippen LogP contribution is -2.68. The number of carbonyl (C=O) groups excluding carboxylic acids is 1. The molecule has 1 saturated heterocycles. The second-order valence-corrected chi connectivity index (χ2v) is 3.55. The topological polar surface area (TPSA) is 113 Å². The van der Waals surface area contributed by atoms with Gasteiger partial charge in [0.05, 0.1) is 6.61 Å². The van der Waals surface area contributed by atoms with Crippen molar-refractivity contribution in [2.75, 3.05) is 6.61 Å². The molecule has 0 aromatic rings. The molecular weight excluding hydrogens is 209 g/mol. The zero-order chi connectivity index (χ0) is 11.8. The number of ether oxygens (including phenoxy) is 1. The summed E-state index contributed by atoms with van der Waals surface area (Å²) in [5.41, 5.74) is 5.25. The zero-order valence-corrected chi connectivity index (χ0v) is 8.13. The SMILES string of the molecule is CC(=O)C1(F)O[C@H](CO)[C@H](O)[C@H](O)[C@H]1N. The van der Waals surface area contributed by atoms with Gasteiger partial charge in [-0.25, -0.2) is 4.39 Å². The molecule has 1 aliphatic rings. The summed E-state index contributed by atoms with van der Waals surface area (Å²) < 4.78 is 18.4. The average Bonchev–Trinajstić information content (AvgIpc) is 2.20. The third-order valence-electron chi connectivity index (χ3n) is 2.51. The van der Waals surface area contributed by atoms with Gasteiger partial charge in [-0.15, -0.1) is 0 Å². The van der Waals surface area contributed by atoms with Gasteiger partial charge in [0.2, 0.25) is 0 Å². The number of halogens is 1. The van der Waals surface area contributed by atoms with Crippen molar-refractivity contribution in [3.63, 3.8) is 0 Å². The van der Waals surface area contributed by atoms with Crippen LogP contribution in [0.5, 0.6) is 0 Å². The summed E-state index contributed by atoms with van der Waals surface area (Å²) in [6.07, 6.45) is -4.55. The van der Waals surface area contributed by atoms with E-state index in [0.717, 1.165) is 6.92 Å². The molecule has 1 heterocycles. The van der Waals surface area contributed by atoms with Crippen LogP contribution in [0.1, 0.15) is 6.92 Å². The van der Waals surface area contributed by atoms with Crippen molar-refractivity contribution >= 4 is 5.78 Å². The Morgan fingerprint density at radius 2 is 2.07 bits per heavy atom. The summed E-state index contributed by atoms with van der Waals surface area (Å²) in [7, 11) is 0. The Balaban J connectivity index is 2.97. The van der Waals surface area contributed by atoms with Crippen LogP contribution in [0.3, 0.4) is 0 Å². The number of rotatable bonds is 2. The Bertz CT molecular complexity index is 261. The number of hydrogen-bond donors (Lipinski definition) is 4. The molecule has 0 saturated carbocycles. The van der Waals surface area contributed by atoms with E-state index in [1.165, 1.54) is 0 Å². The van der Waals surface area contributed by atoms with Gasteiger partial charge >= 0.3 is 0 Å². The van der Waals surface area contributed by atoms with Crippen molar-refractivity contribution in [3.8, 4) is 0 Å². The molecule has 5 atom stereocenters. The Labute approximate surface area is 85.5 Å². The van der Waals surface area contributed by atoms with Crippen molar-refractivity contribution in [1.82, 2.24) is 0 Å². The number of nitrogens with two attached hydrogens (primary N) is 1. The summed E-state index contributed by atoms with van der Waals surface area (Å²) in [4.78, 5) is 11.0. The fourth-order valence-electron chi connectivity index (χ4n) is 1.48. The monoisotopic (exact) mass is 223 g/mol. The summed E-state index contributed by atoms with van der Waals surface area (Å²) in [6, 6.07) is -1.67. The van der Waals surface area contributed by atoms with E-state index >= 15 is 0 Å². The van der Waals surface area contributed by atoms with E-state index in [9.17, 15) is 19.4 Å². The van der Waals surface area contributed by atoms with E-state index in [0.29, 0.717) is 0 Å². The van der Waals surface area contributed by atoms with Crippen LogP contribution in [-0.2, 0) is 9.53 Å². The van der Waals surface area contributed by atoms with Gasteiger partial charge < -0.3 is 25.8 Å². The molecule has 5 N–H and O–H groups in total. The Kier molecular flexibility index (Phi) is 3.41. The number of aliphatic hydroxyl groups excluding tert-OH is 3. The first-order valence-corrected chi connectivity index (χ1v) is 4.45. The minimum Gasteiger partial charge on any atom is -0.394 e. The van der Waals surface area contributed by atoms with E-state index in [1.54, 1.807) is 0 Å². The highest BCUT2D eigenvalue weighted by molar-refractivity contribution is 5.84. The first-order valence-electron chi connectivity index (χ1n) is 4.45. The third kappa shape index (κ3) is 1.88. The van der Waals surface area contributed by atoms with E-state index in [2.05, 4.69) is 4.74 Å². The fraction of sp³-hybridized carbons (Fsp3) is 0.875. The first-order chi connectivity index (χ1) is 6.84. The van der Waals surface area contributed by atoms with Gasteiger partial charge in [0.15, 0.2) is 5.78 Å². The summed E-state index contributed by atoms with van der Waals surface area (Å²) in [5.74, 6) is -3.88. The molecular formula is C8H14FNO5. The van der Waals surface area contributed by atoms with Crippen molar-refractivity contribution < 1.29 is 29.2 Å². The van der Waals surface area contributed by atoms with Gasteiger partial charge in [0.25, 0.3) is 5.85 Å². The van der Waals surface area contributed by atoms with E-state index in [-0.39, 0.29) is 0 Å². The number of aliphatic hydroxyl groups is 3. The van der Waals surface area contributed by atoms with Crippen LogP contribution in [0.2, 0.25) is 0 Å². The van der Waals surface area contributed by atoms with Crippen LogP contribution < -0.4 is 5.73 Å². The maximum absolute atomic E-state index is 13.9. The molecule has 0 aliphatic carbocycles. The fourth-order valence-corrected chi connectivity index (χ4v) is 1.48. The van der Waals surface area contributed by atoms with Crippen LogP contribution in [0, 0.1) is 0 Å². The van der Waals surface area contributed by atoms with E-state index in [1.807, 2.05) is 0 Å². The van der Waals surface area contributed by atoms with Gasteiger partial charge in [0.1, 0.15) is 24.4 Å². The predicted molar refractivity (Wildman–Crippen MR) is 46.5 cm³/mol. The second-order valence-electron chi connectivity index (χ2n) is 3.55. The normalized spacial score (nSPS) is 46.5. The van der Waals surface area contributed by atoms with Gasteiger partial charge in [-0.2, -0.15) is 0 Å². The van der Waals surface area contributed by atoms with Crippen LogP contribution in [0.25, 0.3) is 0 Å². The number of ketones is 1. The summed E-state index contributed by atoms with van der Waals surface area (Å²) >= 11 is 0. The largest absolute Gasteiger partial charge is 0.394 e. The minimum absolute atomic E-state index is 0.718. The highest BCUT2D eigenvalue weighted by Gasteiger charge is 2.56. The van der Waals surface area contributed by atoms with Gasteiger partial charge in [-0.1, -0.05) is 0 Å². The lowest BCUT2D eigenvalue weighted by atomic mass is 9.90. The summed E-state index contributed by atoms with van der Waals surface area (Å²) in [6.45, 7) is 0.197. The predicted octanol–water partition coefficient (Wildman–Crippen LogP) is -2.32. The molecule has 1 unspecified atom stereocenters. The molecule has 0 spiro atoms. The molecule has 1 rings (SSSR count). The number of carbonyl (C=O) groups is 1. The van der Waals surface area contributed by atoms with Gasteiger partial charge in [0, 0.05) is 6.92 Å². The zero-order valence-electron chi connectivity index (χ0n) is 8.13. The van der Waals surface area contributed by atoms with Crippen LogP contribution in [0.4, 0.5) is 4.39 Å². The second kappa shape index (κ2) is 4.11. The third-order valence-corrected chi connectivity index (χ3v) is 2.51. The Morgan fingerprint density at radius 3 is 2.47 bits per heavy atom. The van der Waals surface area contributed by atoms with E-state index < -0.39 is 42.6 Å². The Morgan fingerprint density at radius 1 is 1.53 bits per heavy atom. The molecule has 1 aliphatic heterocycles. The molecule has 88 valence electrons. The quantitative estimate of drug-likeness (QED) is 0.418. The Hall–Kier alpha value is -0.600. The smallest absolute Gasteiger partial charge is 0.286 e. The van der Waals surface area contributed by atoms with E-state index in [4.69, 9.17) is 10.8 Å². The maximum Gasteiger partial charge on any atom is 0.286 e. The van der Waals surface area contributed by atoms with Crippen LogP contribution in [-0.4, -0.2) is 57.9 Å². The molecule has 7 heteroatoms. The number of hydrogen-bond acceptors (Lipinski definition) is 6. The molecule has 0 aromatic carbocycles. The van der Waals surface area contributed by atoms with Crippen LogP contribution >= 0.6 is 0 Å². The van der Waals surface area contributed by atoms with Crippen molar-refractivity contribution in [2.24, 2.45) is 5.73 Å². The number of alkyl halides is 1. The minimum atomic E-state index is -2.87. The van der Waals surface area contributed by atoms with Crippen LogP contribution in [0.15, 0.2) is 0 Å². The van der Waals surface area contributed by atoms with Crippen molar-refractivity contribution in [3.05, 3.63) is 0 Å². The molecule has 0 bridgehead atoms. The highest BCUT2D eigenvalue weighted by atomic mass is 19.2. The number of Topliss-reactive ketones (excluding diaryl/α,β-unsaturated/α-hetero) is 1. The first kappa shape index (κ1) is 12.5. The molecule has 15 heavy (non-hydrogen) atoms. The maximum atomic E-state index is 13.9. The average molecular weight is 223 g/mol. The lowest BCUT2D eigenvalue weighted by molar-refractivity contribution is -0.268. The molecule has 0 aromatic heterocycles. The van der Waals surface area contributed by atoms with Crippen molar-refractivity contribution in [1.29, 1.82) is 0 Å². The molecule has 0 amide bonds. The summed E-state index contributed by atoms with van der Waals surface area (Å²) in [5, 5.41) is 27.5. The van der Waals surface area contributed by atoms with Gasteiger partial charge in [-0.05, 0) is 0 Å². The lowest BCUT2D eigenvalue weighted by Gasteiger charge is -2.43. The van der Waals surface area contributed by atoms with Gasteiger partial charge in [-0.3, -0.25) is 4.79 Å². The molecule has 0 radical (unpaired) electrons.